The summed E-state index contributed by atoms with van der Waals surface area (Å²) in [6.07, 6.45) is 0. The van der Waals surface area contributed by atoms with Crippen LogP contribution in [0.4, 0.5) is 0 Å². The Morgan fingerprint density at radius 1 is 0.413 bits per heavy atom. The Bertz CT molecular complexity index is 1270. The fourth-order valence-electron chi connectivity index (χ4n) is 5.24. The minimum Gasteiger partial charge on any atom is -0.300 e. The SMILES string of the molecule is Cc1ccc(S(=O)(=O)N2CCN3CCSCCSCCN(CCSCCSCC3)CCN(S(=O)(=O)c3ccc(C)cc3)CC2)cc1. The quantitative estimate of drug-likeness (QED) is 0.445. The molecule has 0 atom stereocenters. The van der Waals surface area contributed by atoms with Gasteiger partial charge >= 0.3 is 0 Å². The summed E-state index contributed by atoms with van der Waals surface area (Å²) >= 11 is 7.91. The van der Waals surface area contributed by atoms with Crippen molar-refractivity contribution in [2.75, 3.05) is 111 Å². The number of sulfonamides is 2. The average Bonchev–Trinajstić information content (AvgIpc) is 3.03. The summed E-state index contributed by atoms with van der Waals surface area (Å²) in [6.45, 7) is 9.51. The number of thioether (sulfide) groups is 4. The van der Waals surface area contributed by atoms with Crippen molar-refractivity contribution in [3.63, 3.8) is 0 Å². The van der Waals surface area contributed by atoms with E-state index >= 15 is 0 Å². The summed E-state index contributed by atoms with van der Waals surface area (Å²) in [5.41, 5.74) is 1.98. The third-order valence-corrected chi connectivity index (χ3v) is 16.4. The molecular formula is C32H50N4O4S6. The van der Waals surface area contributed by atoms with Gasteiger partial charge in [-0.05, 0) is 38.1 Å². The van der Waals surface area contributed by atoms with Gasteiger partial charge in [-0.3, -0.25) is 0 Å². The highest BCUT2D eigenvalue weighted by molar-refractivity contribution is 8.03. The fraction of sp³-hybridized carbons (Fsp3) is 0.625. The first-order valence-corrected chi connectivity index (χ1v) is 23.6. The van der Waals surface area contributed by atoms with Crippen molar-refractivity contribution in [2.45, 2.75) is 23.6 Å². The number of fused-ring (bicyclic) bond motifs is 21. The van der Waals surface area contributed by atoms with Crippen LogP contribution >= 0.6 is 47.0 Å². The number of nitrogens with zero attached hydrogens (tertiary/aromatic N) is 4. The Labute approximate surface area is 295 Å². The van der Waals surface area contributed by atoms with Gasteiger partial charge in [-0.1, -0.05) is 35.4 Å². The largest absolute Gasteiger partial charge is 0.300 e. The molecule has 0 aliphatic carbocycles. The standard InChI is InChI=1S/C32H50N4O4S6/c1-29-3-7-31(8-4-29)45(37,38)35-13-11-33-17-21-41-25-27-43-23-19-34(20-24-44-28-26-42-22-18-33)12-14-36(16-15-35)46(39,40)32-9-5-30(2)6-10-32/h3-10H,11-28H2,1-2H3. The van der Waals surface area contributed by atoms with Crippen molar-refractivity contribution in [3.05, 3.63) is 59.7 Å². The van der Waals surface area contributed by atoms with Gasteiger partial charge in [0.15, 0.2) is 0 Å². The second-order valence-electron chi connectivity index (χ2n) is 11.6. The first kappa shape index (κ1) is 38.4. The van der Waals surface area contributed by atoms with E-state index in [1.54, 1.807) is 24.3 Å². The smallest absolute Gasteiger partial charge is 0.243 e. The van der Waals surface area contributed by atoms with E-state index in [-0.39, 0.29) is 22.9 Å². The maximum Gasteiger partial charge on any atom is 0.243 e. The third-order valence-electron chi connectivity index (χ3n) is 8.20. The van der Waals surface area contributed by atoms with Gasteiger partial charge in [0, 0.05) is 111 Å². The van der Waals surface area contributed by atoms with Gasteiger partial charge in [-0.15, -0.1) is 0 Å². The number of aryl methyl sites for hydroxylation is 2. The number of rotatable bonds is 4. The monoisotopic (exact) mass is 746 g/mol. The van der Waals surface area contributed by atoms with Gasteiger partial charge < -0.3 is 9.80 Å². The molecule has 3 aliphatic heterocycles. The molecular weight excluding hydrogens is 697 g/mol. The summed E-state index contributed by atoms with van der Waals surface area (Å²) in [7, 11) is -7.69. The van der Waals surface area contributed by atoms with Gasteiger partial charge in [-0.25, -0.2) is 16.8 Å². The molecule has 0 amide bonds. The second-order valence-corrected chi connectivity index (χ2v) is 20.3. The lowest BCUT2D eigenvalue weighted by Crippen LogP contribution is -2.46. The molecule has 0 N–H and O–H groups in total. The van der Waals surface area contributed by atoms with Crippen molar-refractivity contribution in [1.29, 1.82) is 0 Å². The molecule has 0 unspecified atom stereocenters. The Hall–Kier alpha value is -0.420. The van der Waals surface area contributed by atoms with Crippen LogP contribution in [0.15, 0.2) is 58.3 Å². The number of hydrogen-bond acceptors (Lipinski definition) is 10. The summed E-state index contributed by atoms with van der Waals surface area (Å²) in [4.78, 5) is 5.27. The molecule has 3 fully saturated rings. The zero-order chi connectivity index (χ0) is 32.8. The van der Waals surface area contributed by atoms with Crippen molar-refractivity contribution < 1.29 is 16.8 Å². The fourth-order valence-corrected chi connectivity index (χ4v) is 12.3. The molecule has 3 heterocycles. The van der Waals surface area contributed by atoms with E-state index in [0.717, 1.165) is 83.3 Å². The lowest BCUT2D eigenvalue weighted by molar-refractivity contribution is 0.251. The zero-order valence-electron chi connectivity index (χ0n) is 27.2. The molecule has 3 saturated heterocycles. The van der Waals surface area contributed by atoms with E-state index in [4.69, 9.17) is 0 Å². The van der Waals surface area contributed by atoms with Gasteiger partial charge in [0.25, 0.3) is 0 Å². The van der Waals surface area contributed by atoms with Gasteiger partial charge in [0.1, 0.15) is 0 Å². The molecule has 0 saturated carbocycles. The van der Waals surface area contributed by atoms with Crippen LogP contribution in [-0.2, 0) is 20.0 Å². The van der Waals surface area contributed by atoms with Crippen LogP contribution in [0, 0.1) is 13.8 Å². The Morgan fingerprint density at radius 2 is 0.696 bits per heavy atom. The predicted molar refractivity (Wildman–Crippen MR) is 202 cm³/mol. The summed E-state index contributed by atoms with van der Waals surface area (Å²) in [5, 5.41) is 0. The Kier molecular flexibility index (Phi) is 16.4. The highest BCUT2D eigenvalue weighted by Gasteiger charge is 2.30. The maximum absolute atomic E-state index is 14.1. The van der Waals surface area contributed by atoms with Crippen LogP contribution in [0.5, 0.6) is 0 Å². The van der Waals surface area contributed by atoms with E-state index in [1.165, 1.54) is 8.61 Å². The van der Waals surface area contributed by atoms with Crippen LogP contribution < -0.4 is 0 Å². The molecule has 0 aromatic heterocycles. The molecule has 2 aromatic carbocycles. The second kappa shape index (κ2) is 19.7. The third kappa shape index (κ3) is 12.2. The summed E-state index contributed by atoms with van der Waals surface area (Å²) < 4.78 is 59.5. The van der Waals surface area contributed by atoms with Crippen molar-refractivity contribution in [1.82, 2.24) is 18.4 Å². The molecule has 46 heavy (non-hydrogen) atoms. The van der Waals surface area contributed by atoms with Gasteiger partial charge in [0.05, 0.1) is 9.79 Å². The topological polar surface area (TPSA) is 81.2 Å². The van der Waals surface area contributed by atoms with Gasteiger partial charge in [-0.2, -0.15) is 55.7 Å². The normalized spacial score (nSPS) is 23.9. The van der Waals surface area contributed by atoms with Crippen molar-refractivity contribution in [2.24, 2.45) is 0 Å². The molecule has 5 rings (SSSR count). The van der Waals surface area contributed by atoms with Crippen LogP contribution in [0.25, 0.3) is 0 Å². The van der Waals surface area contributed by atoms with Crippen molar-refractivity contribution in [3.8, 4) is 0 Å². The molecule has 2 aromatic rings. The molecule has 0 spiro atoms. The van der Waals surface area contributed by atoms with E-state index < -0.39 is 20.0 Å². The van der Waals surface area contributed by atoms with Crippen LogP contribution in [0.1, 0.15) is 11.1 Å². The number of hydrogen-bond donors (Lipinski definition) is 0. The highest BCUT2D eigenvalue weighted by atomic mass is 32.2. The lowest BCUT2D eigenvalue weighted by atomic mass is 10.2. The molecule has 14 heteroatoms. The van der Waals surface area contributed by atoms with E-state index in [1.807, 2.05) is 85.2 Å². The molecule has 3 aliphatic rings. The lowest BCUT2D eigenvalue weighted by Gasteiger charge is -2.31. The minimum absolute atomic E-state index is 0.0876. The van der Waals surface area contributed by atoms with Crippen LogP contribution in [0.2, 0.25) is 0 Å². The molecule has 0 radical (unpaired) electrons. The van der Waals surface area contributed by atoms with Crippen molar-refractivity contribution >= 4 is 67.1 Å². The predicted octanol–water partition coefficient (Wildman–Crippen LogP) is 4.55. The molecule has 2 bridgehead atoms. The Balaban J connectivity index is 1.68. The summed E-state index contributed by atoms with van der Waals surface area (Å²) in [6, 6.07) is 13.9. The van der Waals surface area contributed by atoms with E-state index in [2.05, 4.69) is 9.80 Å². The highest BCUT2D eigenvalue weighted by Crippen LogP contribution is 2.21. The maximum atomic E-state index is 14.1. The van der Waals surface area contributed by atoms with Crippen LogP contribution in [-0.4, -0.2) is 147 Å². The molecule has 258 valence electrons. The van der Waals surface area contributed by atoms with E-state index in [0.29, 0.717) is 26.2 Å². The first-order chi connectivity index (χ1) is 22.2. The average molecular weight is 747 g/mol. The first-order valence-electron chi connectivity index (χ1n) is 16.1. The van der Waals surface area contributed by atoms with Crippen LogP contribution in [0.3, 0.4) is 0 Å². The minimum atomic E-state index is -3.85. The molecule has 8 nitrogen and oxygen atoms in total. The van der Waals surface area contributed by atoms with Gasteiger partial charge in [0.2, 0.25) is 20.0 Å². The Morgan fingerprint density at radius 3 is 1.00 bits per heavy atom. The summed E-state index contributed by atoms with van der Waals surface area (Å²) in [5.74, 6) is 8.44. The number of benzene rings is 2. The zero-order valence-corrected chi connectivity index (χ0v) is 32.1. The van der Waals surface area contributed by atoms with E-state index in [9.17, 15) is 16.8 Å².